The molecule has 0 spiro atoms. The first-order valence-electron chi connectivity index (χ1n) is 8.88. The van der Waals surface area contributed by atoms with Gasteiger partial charge in [-0.25, -0.2) is 8.78 Å². The summed E-state index contributed by atoms with van der Waals surface area (Å²) in [7, 11) is 0. The first-order valence-corrected chi connectivity index (χ1v) is 9.87. The lowest BCUT2D eigenvalue weighted by Gasteiger charge is -2.15. The fraction of sp³-hybridized carbons (Fsp3) is 0.182. The number of pyridine rings is 1. The number of carbonyl (C=O) groups excluding carboxylic acids is 1. The van der Waals surface area contributed by atoms with E-state index in [1.54, 1.807) is 37.0 Å². The van der Waals surface area contributed by atoms with E-state index in [2.05, 4.69) is 10.3 Å². The van der Waals surface area contributed by atoms with Gasteiger partial charge in [0.1, 0.15) is 11.6 Å². The Morgan fingerprint density at radius 3 is 2.43 bits per heavy atom. The lowest BCUT2D eigenvalue weighted by molar-refractivity contribution is 0.0939. The van der Waals surface area contributed by atoms with Crippen LogP contribution in [0.3, 0.4) is 0 Å². The molecule has 0 saturated carbocycles. The van der Waals surface area contributed by atoms with Crippen LogP contribution in [0.1, 0.15) is 28.4 Å². The van der Waals surface area contributed by atoms with Crippen LogP contribution in [0.2, 0.25) is 0 Å². The molecule has 1 N–H and O–H groups in total. The van der Waals surface area contributed by atoms with Gasteiger partial charge in [-0.1, -0.05) is 12.1 Å². The Kier molecular flexibility index (Phi) is 6.76. The van der Waals surface area contributed by atoms with Crippen molar-refractivity contribution in [1.82, 2.24) is 10.3 Å². The number of nitrogens with zero attached hydrogens (tertiary/aromatic N) is 1. The van der Waals surface area contributed by atoms with Gasteiger partial charge in [0.05, 0.1) is 0 Å². The molecule has 1 unspecified atom stereocenters. The monoisotopic (exact) mass is 398 g/mol. The predicted octanol–water partition coefficient (Wildman–Crippen LogP) is 5.01. The van der Waals surface area contributed by atoms with Crippen molar-refractivity contribution in [3.05, 3.63) is 95.3 Å². The molecule has 0 aliphatic heterocycles. The van der Waals surface area contributed by atoms with Crippen molar-refractivity contribution in [3.63, 3.8) is 0 Å². The van der Waals surface area contributed by atoms with E-state index in [0.717, 1.165) is 16.2 Å². The number of benzene rings is 2. The minimum atomic E-state index is -0.601. The number of hydrogen-bond donors (Lipinski definition) is 1. The first kappa shape index (κ1) is 20.0. The summed E-state index contributed by atoms with van der Waals surface area (Å²) in [6, 6.07) is 14.5. The maximum Gasteiger partial charge on any atom is 0.251 e. The summed E-state index contributed by atoms with van der Waals surface area (Å²) in [6.45, 7) is 1.72. The molecule has 0 aliphatic carbocycles. The number of halogens is 2. The molecule has 144 valence electrons. The van der Waals surface area contributed by atoms with Crippen molar-refractivity contribution < 1.29 is 13.6 Å². The zero-order chi connectivity index (χ0) is 19.9. The number of amides is 1. The molecule has 0 bridgehead atoms. The molecule has 1 aromatic heterocycles. The zero-order valence-corrected chi connectivity index (χ0v) is 16.2. The van der Waals surface area contributed by atoms with Crippen LogP contribution in [0.5, 0.6) is 0 Å². The first-order chi connectivity index (χ1) is 13.5. The Morgan fingerprint density at radius 1 is 1.07 bits per heavy atom. The highest BCUT2D eigenvalue weighted by Crippen LogP contribution is 2.22. The van der Waals surface area contributed by atoms with Crippen molar-refractivity contribution in [2.45, 2.75) is 30.0 Å². The quantitative estimate of drug-likeness (QED) is 0.569. The van der Waals surface area contributed by atoms with Gasteiger partial charge in [-0.05, 0) is 61.4 Å². The minimum Gasteiger partial charge on any atom is -0.349 e. The van der Waals surface area contributed by atoms with Gasteiger partial charge >= 0.3 is 0 Å². The third-order valence-corrected chi connectivity index (χ3v) is 5.28. The van der Waals surface area contributed by atoms with Gasteiger partial charge in [0.25, 0.3) is 5.91 Å². The fourth-order valence-corrected chi connectivity index (χ4v) is 3.58. The van der Waals surface area contributed by atoms with Gasteiger partial charge in [0.15, 0.2) is 0 Å². The predicted molar refractivity (Wildman–Crippen MR) is 107 cm³/mol. The van der Waals surface area contributed by atoms with Crippen molar-refractivity contribution in [3.8, 4) is 0 Å². The molecule has 0 aliphatic rings. The van der Waals surface area contributed by atoms with E-state index in [1.165, 1.54) is 18.2 Å². The summed E-state index contributed by atoms with van der Waals surface area (Å²) in [5.41, 5.74) is 1.62. The summed E-state index contributed by atoms with van der Waals surface area (Å²) in [6.07, 6.45) is 3.65. The van der Waals surface area contributed by atoms with Gasteiger partial charge in [0, 0.05) is 40.2 Å². The van der Waals surface area contributed by atoms with E-state index in [9.17, 15) is 13.6 Å². The van der Waals surface area contributed by atoms with Crippen molar-refractivity contribution in [2.75, 3.05) is 0 Å². The third kappa shape index (κ3) is 5.39. The van der Waals surface area contributed by atoms with E-state index in [1.807, 2.05) is 30.5 Å². The van der Waals surface area contributed by atoms with Crippen molar-refractivity contribution >= 4 is 17.7 Å². The minimum absolute atomic E-state index is 0.0163. The van der Waals surface area contributed by atoms with Crippen LogP contribution >= 0.6 is 11.8 Å². The van der Waals surface area contributed by atoms with E-state index < -0.39 is 17.7 Å². The van der Waals surface area contributed by atoms with Crippen LogP contribution in [0, 0.1) is 11.6 Å². The molecule has 2 aromatic carbocycles. The maximum absolute atomic E-state index is 13.8. The second kappa shape index (κ2) is 9.46. The number of aromatic nitrogens is 1. The molecular weight excluding hydrogens is 378 g/mol. The van der Waals surface area contributed by atoms with Crippen LogP contribution in [0.25, 0.3) is 0 Å². The van der Waals surface area contributed by atoms with Gasteiger partial charge in [0.2, 0.25) is 0 Å². The van der Waals surface area contributed by atoms with Crippen molar-refractivity contribution in [2.24, 2.45) is 0 Å². The Morgan fingerprint density at radius 2 is 1.79 bits per heavy atom. The van der Waals surface area contributed by atoms with E-state index >= 15 is 0 Å². The molecule has 3 nitrogen and oxygen atoms in total. The molecule has 1 atom stereocenters. The third-order valence-electron chi connectivity index (χ3n) is 4.19. The second-order valence-electron chi connectivity index (χ2n) is 6.45. The largest absolute Gasteiger partial charge is 0.349 e. The SMILES string of the molecule is CC(Cc1c(F)cccc1F)NC(=O)c1ccc(SCc2cccnc2)cc1. The summed E-state index contributed by atoms with van der Waals surface area (Å²) >= 11 is 1.66. The standard InChI is InChI=1S/C22H20F2N2OS/c1-15(12-19-20(23)5-2-6-21(19)24)26-22(27)17-7-9-18(10-8-17)28-14-16-4-3-11-25-13-16/h2-11,13,15H,12,14H2,1H3,(H,26,27). The summed E-state index contributed by atoms with van der Waals surface area (Å²) < 4.78 is 27.5. The van der Waals surface area contributed by atoms with Crippen LogP contribution in [-0.4, -0.2) is 16.9 Å². The number of hydrogen-bond acceptors (Lipinski definition) is 3. The molecule has 0 radical (unpaired) electrons. The number of thioether (sulfide) groups is 1. The normalized spacial score (nSPS) is 11.8. The molecule has 6 heteroatoms. The molecule has 1 amide bonds. The van der Waals surface area contributed by atoms with Gasteiger partial charge < -0.3 is 5.32 Å². The van der Waals surface area contributed by atoms with E-state index in [-0.39, 0.29) is 17.9 Å². The highest BCUT2D eigenvalue weighted by atomic mass is 32.2. The Balaban J connectivity index is 1.55. The number of nitrogens with one attached hydrogen (secondary N) is 1. The fourth-order valence-electron chi connectivity index (χ4n) is 2.74. The van der Waals surface area contributed by atoms with Gasteiger partial charge in [-0.2, -0.15) is 0 Å². The lowest BCUT2D eigenvalue weighted by atomic mass is 10.1. The molecule has 3 aromatic rings. The summed E-state index contributed by atoms with van der Waals surface area (Å²) in [5.74, 6) is -0.676. The van der Waals surface area contributed by atoms with Gasteiger partial charge in [-0.15, -0.1) is 11.8 Å². The maximum atomic E-state index is 13.8. The topological polar surface area (TPSA) is 42.0 Å². The Hall–Kier alpha value is -2.73. The molecule has 28 heavy (non-hydrogen) atoms. The van der Waals surface area contributed by atoms with Crippen LogP contribution < -0.4 is 5.32 Å². The summed E-state index contributed by atoms with van der Waals surface area (Å²) in [5, 5.41) is 2.79. The second-order valence-corrected chi connectivity index (χ2v) is 7.50. The lowest BCUT2D eigenvalue weighted by Crippen LogP contribution is -2.34. The van der Waals surface area contributed by atoms with E-state index in [4.69, 9.17) is 0 Å². The highest BCUT2D eigenvalue weighted by molar-refractivity contribution is 7.98. The molecule has 1 heterocycles. The average molecular weight is 398 g/mol. The summed E-state index contributed by atoms with van der Waals surface area (Å²) in [4.78, 5) is 17.5. The number of carbonyl (C=O) groups is 1. The average Bonchev–Trinajstić information content (AvgIpc) is 2.70. The van der Waals surface area contributed by atoms with Crippen LogP contribution in [0.15, 0.2) is 71.9 Å². The molecule has 3 rings (SSSR count). The van der Waals surface area contributed by atoms with Crippen LogP contribution in [-0.2, 0) is 12.2 Å². The smallest absolute Gasteiger partial charge is 0.251 e. The Bertz CT molecular complexity index is 913. The molecule has 0 fully saturated rings. The van der Waals surface area contributed by atoms with Gasteiger partial charge in [-0.3, -0.25) is 9.78 Å². The highest BCUT2D eigenvalue weighted by Gasteiger charge is 2.15. The van der Waals surface area contributed by atoms with Crippen molar-refractivity contribution in [1.29, 1.82) is 0 Å². The Labute approximate surface area is 167 Å². The van der Waals surface area contributed by atoms with E-state index in [0.29, 0.717) is 5.56 Å². The molecule has 0 saturated heterocycles. The molecular formula is C22H20F2N2OS. The zero-order valence-electron chi connectivity index (χ0n) is 15.4. The number of rotatable bonds is 7. The van der Waals surface area contributed by atoms with Crippen LogP contribution in [0.4, 0.5) is 8.78 Å².